The monoisotopic (exact) mass is 373 g/mol. The summed E-state index contributed by atoms with van der Waals surface area (Å²) in [6.07, 6.45) is 1.29. The fourth-order valence-corrected chi connectivity index (χ4v) is 3.72. The summed E-state index contributed by atoms with van der Waals surface area (Å²) in [5.74, 6) is 0.884. The van der Waals surface area contributed by atoms with Crippen molar-refractivity contribution in [2.24, 2.45) is 0 Å². The van der Waals surface area contributed by atoms with Gasteiger partial charge >= 0.3 is 0 Å². The molecule has 26 heavy (non-hydrogen) atoms. The van der Waals surface area contributed by atoms with Crippen molar-refractivity contribution < 1.29 is 13.2 Å². The van der Waals surface area contributed by atoms with E-state index in [1.165, 1.54) is 25.6 Å². The number of aryl methyl sites for hydroxylation is 3. The quantitative estimate of drug-likeness (QED) is 0.737. The molecule has 8 nitrogen and oxygen atoms in total. The van der Waals surface area contributed by atoms with E-state index in [0.29, 0.717) is 5.82 Å². The van der Waals surface area contributed by atoms with Crippen LogP contribution in [0.4, 0.5) is 5.82 Å². The third-order valence-corrected chi connectivity index (χ3v) is 5.12. The molecule has 0 saturated carbocycles. The van der Waals surface area contributed by atoms with Crippen molar-refractivity contribution in [3.05, 3.63) is 53.6 Å². The number of rotatable bonds is 5. The molecule has 2 aromatic heterocycles. The number of nitrogens with zero attached hydrogens (tertiary/aromatic N) is 4. The van der Waals surface area contributed by atoms with Crippen LogP contribution in [0, 0.1) is 20.8 Å². The molecule has 0 bridgehead atoms. The van der Waals surface area contributed by atoms with Crippen LogP contribution in [0.25, 0.3) is 5.82 Å². The number of hydrogen-bond acceptors (Lipinski definition) is 6. The number of nitrogens with one attached hydrogen (secondary N) is 1. The smallest absolute Gasteiger partial charge is 0.266 e. The lowest BCUT2D eigenvalue weighted by Crippen LogP contribution is -2.16. The van der Waals surface area contributed by atoms with E-state index in [2.05, 4.69) is 19.8 Å². The van der Waals surface area contributed by atoms with Crippen LogP contribution in [0.3, 0.4) is 0 Å². The Morgan fingerprint density at radius 3 is 2.50 bits per heavy atom. The van der Waals surface area contributed by atoms with Gasteiger partial charge in [-0.25, -0.2) is 23.1 Å². The lowest BCUT2D eigenvalue weighted by molar-refractivity contribution is 0.402. The van der Waals surface area contributed by atoms with Gasteiger partial charge in [0.2, 0.25) is 0 Å². The molecular weight excluding hydrogens is 354 g/mol. The third kappa shape index (κ3) is 3.52. The minimum absolute atomic E-state index is 0.0388. The van der Waals surface area contributed by atoms with E-state index < -0.39 is 10.0 Å². The molecule has 1 aromatic carbocycles. The highest BCUT2D eigenvalue weighted by Crippen LogP contribution is 2.26. The van der Waals surface area contributed by atoms with Crippen molar-refractivity contribution in [1.82, 2.24) is 19.7 Å². The lowest BCUT2D eigenvalue weighted by atomic mass is 10.2. The first-order valence-corrected chi connectivity index (χ1v) is 9.31. The zero-order chi connectivity index (χ0) is 18.9. The summed E-state index contributed by atoms with van der Waals surface area (Å²) in [7, 11) is -2.44. The summed E-state index contributed by atoms with van der Waals surface area (Å²) in [6.45, 7) is 5.62. The second kappa shape index (κ2) is 6.75. The maximum absolute atomic E-state index is 12.7. The molecule has 3 rings (SSSR count). The fourth-order valence-electron chi connectivity index (χ4n) is 2.57. The second-order valence-corrected chi connectivity index (χ2v) is 7.51. The summed E-state index contributed by atoms with van der Waals surface area (Å²) in [5.41, 5.74) is 2.62. The predicted molar refractivity (Wildman–Crippen MR) is 97.2 cm³/mol. The van der Waals surface area contributed by atoms with Gasteiger partial charge in [-0.05, 0) is 44.5 Å². The van der Waals surface area contributed by atoms with Crippen molar-refractivity contribution in [2.75, 3.05) is 11.8 Å². The fraction of sp³-hybridized carbons (Fsp3) is 0.235. The zero-order valence-corrected chi connectivity index (χ0v) is 15.7. The molecule has 9 heteroatoms. The first kappa shape index (κ1) is 17.9. The van der Waals surface area contributed by atoms with Gasteiger partial charge in [-0.15, -0.1) is 0 Å². The van der Waals surface area contributed by atoms with E-state index in [1.54, 1.807) is 16.8 Å². The largest absolute Gasteiger partial charge is 0.495 e. The second-order valence-electron chi connectivity index (χ2n) is 5.86. The van der Waals surface area contributed by atoms with Gasteiger partial charge in [0.25, 0.3) is 10.0 Å². The lowest BCUT2D eigenvalue weighted by Gasteiger charge is -2.12. The van der Waals surface area contributed by atoms with Gasteiger partial charge < -0.3 is 4.74 Å². The van der Waals surface area contributed by atoms with Crippen LogP contribution in [0.1, 0.15) is 17.0 Å². The van der Waals surface area contributed by atoms with Crippen LogP contribution in [-0.2, 0) is 10.0 Å². The average molecular weight is 373 g/mol. The maximum Gasteiger partial charge on any atom is 0.266 e. The standard InChI is InChI=1S/C17H19N5O3S/c1-11-5-6-15(14(7-11)25-4)26(23,24)21-16-9-17(19-10-18-16)22-13(3)8-12(2)20-22/h5-10H,1-4H3,(H,18,19,21). The first-order chi connectivity index (χ1) is 12.3. The number of ether oxygens (including phenoxy) is 1. The van der Waals surface area contributed by atoms with Crippen molar-refractivity contribution in [3.63, 3.8) is 0 Å². The molecule has 2 heterocycles. The summed E-state index contributed by atoms with van der Waals surface area (Å²) < 4.78 is 34.8. The van der Waals surface area contributed by atoms with Gasteiger partial charge in [0.1, 0.15) is 22.8 Å². The SMILES string of the molecule is COc1cc(C)ccc1S(=O)(=O)Nc1cc(-n2nc(C)cc2C)ncn1. The molecule has 3 aromatic rings. The van der Waals surface area contributed by atoms with Crippen LogP contribution in [-0.4, -0.2) is 35.3 Å². The van der Waals surface area contributed by atoms with Gasteiger partial charge in [-0.2, -0.15) is 5.10 Å². The summed E-state index contributed by atoms with van der Waals surface area (Å²) in [6, 6.07) is 8.30. The Labute approximate surface area is 151 Å². The van der Waals surface area contributed by atoms with Crippen molar-refractivity contribution in [3.8, 4) is 11.6 Å². The molecule has 0 fully saturated rings. The number of anilines is 1. The molecule has 1 N–H and O–H groups in total. The van der Waals surface area contributed by atoms with Gasteiger partial charge in [-0.3, -0.25) is 4.72 Å². The maximum atomic E-state index is 12.7. The minimum atomic E-state index is -3.87. The van der Waals surface area contributed by atoms with E-state index in [-0.39, 0.29) is 16.5 Å². The number of hydrogen-bond donors (Lipinski definition) is 1. The highest BCUT2D eigenvalue weighted by Gasteiger charge is 2.20. The number of aromatic nitrogens is 4. The Hall–Kier alpha value is -2.94. The third-order valence-electron chi connectivity index (χ3n) is 3.73. The van der Waals surface area contributed by atoms with E-state index in [9.17, 15) is 8.42 Å². The molecule has 0 unspecified atom stereocenters. The number of sulfonamides is 1. The molecule has 0 aliphatic carbocycles. The highest BCUT2D eigenvalue weighted by molar-refractivity contribution is 7.92. The number of benzene rings is 1. The molecular formula is C17H19N5O3S. The minimum Gasteiger partial charge on any atom is -0.495 e. The Bertz CT molecular complexity index is 1060. The van der Waals surface area contributed by atoms with Gasteiger partial charge in [-0.1, -0.05) is 6.07 Å². The van der Waals surface area contributed by atoms with E-state index in [0.717, 1.165) is 17.0 Å². The average Bonchev–Trinajstić information content (AvgIpc) is 2.92. The first-order valence-electron chi connectivity index (χ1n) is 7.83. The van der Waals surface area contributed by atoms with Gasteiger partial charge in [0.15, 0.2) is 5.82 Å². The van der Waals surface area contributed by atoms with Gasteiger partial charge in [0.05, 0.1) is 12.8 Å². The summed E-state index contributed by atoms with van der Waals surface area (Å²) in [4.78, 5) is 8.20. The Balaban J connectivity index is 1.96. The van der Waals surface area contributed by atoms with Crippen LogP contribution >= 0.6 is 0 Å². The summed E-state index contributed by atoms with van der Waals surface area (Å²) >= 11 is 0. The molecule has 0 aliphatic rings. The van der Waals surface area contributed by atoms with Crippen molar-refractivity contribution >= 4 is 15.8 Å². The Kier molecular flexibility index (Phi) is 4.64. The molecule has 0 saturated heterocycles. The normalized spacial score (nSPS) is 11.4. The van der Waals surface area contributed by atoms with Crippen LogP contribution in [0.5, 0.6) is 5.75 Å². The molecule has 0 atom stereocenters. The van der Waals surface area contributed by atoms with E-state index in [1.807, 2.05) is 26.8 Å². The van der Waals surface area contributed by atoms with Crippen LogP contribution < -0.4 is 9.46 Å². The predicted octanol–water partition coefficient (Wildman–Crippen LogP) is 2.40. The molecule has 0 spiro atoms. The molecule has 0 radical (unpaired) electrons. The zero-order valence-electron chi connectivity index (χ0n) is 14.9. The number of methoxy groups -OCH3 is 1. The van der Waals surface area contributed by atoms with Crippen molar-refractivity contribution in [1.29, 1.82) is 0 Å². The summed E-state index contributed by atoms with van der Waals surface area (Å²) in [5, 5.41) is 4.34. The molecule has 136 valence electrons. The Morgan fingerprint density at radius 1 is 1.08 bits per heavy atom. The van der Waals surface area contributed by atoms with Crippen molar-refractivity contribution in [2.45, 2.75) is 25.7 Å². The van der Waals surface area contributed by atoms with Gasteiger partial charge in [0, 0.05) is 11.8 Å². The Morgan fingerprint density at radius 2 is 1.85 bits per heavy atom. The highest BCUT2D eigenvalue weighted by atomic mass is 32.2. The topological polar surface area (TPSA) is 99.0 Å². The molecule has 0 amide bonds. The molecule has 0 aliphatic heterocycles. The van der Waals surface area contributed by atoms with E-state index in [4.69, 9.17) is 4.74 Å². The van der Waals surface area contributed by atoms with Crippen LogP contribution in [0.2, 0.25) is 0 Å². The van der Waals surface area contributed by atoms with E-state index >= 15 is 0 Å². The van der Waals surface area contributed by atoms with Crippen LogP contribution in [0.15, 0.2) is 41.6 Å².